The molecule has 2 aliphatic heterocycles. The van der Waals surface area contributed by atoms with Crippen LogP contribution < -0.4 is 0 Å². The number of aromatic nitrogens is 2. The van der Waals surface area contributed by atoms with Crippen molar-refractivity contribution < 1.29 is 18.8 Å². The van der Waals surface area contributed by atoms with Crippen molar-refractivity contribution in [3.05, 3.63) is 23.4 Å². The highest BCUT2D eigenvalue weighted by molar-refractivity contribution is 7.13. The lowest BCUT2D eigenvalue weighted by molar-refractivity contribution is -0.146. The lowest BCUT2D eigenvalue weighted by Gasteiger charge is -2.35. The molecule has 0 bridgehead atoms. The molecule has 0 saturated carbocycles. The first-order chi connectivity index (χ1) is 13.7. The van der Waals surface area contributed by atoms with E-state index >= 15 is 0 Å². The van der Waals surface area contributed by atoms with Crippen LogP contribution in [0.1, 0.15) is 31.6 Å². The molecular weight excluding hydrogens is 380 g/mol. The Labute approximate surface area is 167 Å². The molecule has 150 valence electrons. The van der Waals surface area contributed by atoms with E-state index in [4.69, 9.17) is 9.26 Å². The van der Waals surface area contributed by atoms with Gasteiger partial charge >= 0.3 is 0 Å². The minimum absolute atomic E-state index is 0.0718. The van der Waals surface area contributed by atoms with Crippen LogP contribution in [0.2, 0.25) is 0 Å². The number of ether oxygens (including phenoxy) is 1. The summed E-state index contributed by atoms with van der Waals surface area (Å²) in [6.07, 6.45) is 3.17. The fourth-order valence-electron chi connectivity index (χ4n) is 3.56. The van der Waals surface area contributed by atoms with Crippen LogP contribution in [0.15, 0.2) is 22.0 Å². The molecule has 2 saturated heterocycles. The fourth-order valence-corrected chi connectivity index (χ4v) is 4.21. The molecule has 2 aromatic rings. The molecular formula is C19H24N4O4S. The Kier molecular flexibility index (Phi) is 6.01. The van der Waals surface area contributed by atoms with Gasteiger partial charge in [0.25, 0.3) is 5.91 Å². The third-order valence-electron chi connectivity index (χ3n) is 5.14. The Bertz CT molecular complexity index is 793. The van der Waals surface area contributed by atoms with Crippen molar-refractivity contribution in [1.82, 2.24) is 19.9 Å². The van der Waals surface area contributed by atoms with E-state index in [-0.39, 0.29) is 17.9 Å². The standard InChI is InChI=1S/C19H24N4O4S/c24-17(7-1-6-16-20-18(21-27-16)15-5-3-13-28-15)22-8-10-23(11-9-22)19(25)14-4-2-12-26-14/h3,5,13-14H,1-2,4,6-12H2. The summed E-state index contributed by atoms with van der Waals surface area (Å²) >= 11 is 1.57. The van der Waals surface area contributed by atoms with Gasteiger partial charge in [-0.05, 0) is 30.7 Å². The molecule has 0 spiro atoms. The van der Waals surface area contributed by atoms with Crippen molar-refractivity contribution in [3.63, 3.8) is 0 Å². The van der Waals surface area contributed by atoms with E-state index in [1.165, 1.54) is 0 Å². The van der Waals surface area contributed by atoms with Crippen molar-refractivity contribution in [2.24, 2.45) is 0 Å². The van der Waals surface area contributed by atoms with E-state index in [9.17, 15) is 9.59 Å². The highest BCUT2D eigenvalue weighted by atomic mass is 32.1. The van der Waals surface area contributed by atoms with E-state index < -0.39 is 0 Å². The van der Waals surface area contributed by atoms with E-state index in [1.54, 1.807) is 11.3 Å². The SMILES string of the molecule is O=C(CCCc1nc(-c2cccs2)no1)N1CCN(C(=O)C2CCCO2)CC1. The molecule has 4 rings (SSSR count). The van der Waals surface area contributed by atoms with Gasteiger partial charge in [0.1, 0.15) is 6.10 Å². The number of thiophene rings is 1. The van der Waals surface area contributed by atoms with E-state index in [1.807, 2.05) is 27.3 Å². The van der Waals surface area contributed by atoms with Crippen LogP contribution in [0.4, 0.5) is 0 Å². The molecule has 2 amide bonds. The Morgan fingerprint density at radius 3 is 2.75 bits per heavy atom. The van der Waals surface area contributed by atoms with Crippen LogP contribution in [-0.2, 0) is 20.7 Å². The molecule has 0 radical (unpaired) electrons. The van der Waals surface area contributed by atoms with Gasteiger partial charge in [-0.25, -0.2) is 0 Å². The molecule has 1 atom stereocenters. The van der Waals surface area contributed by atoms with Gasteiger partial charge in [-0.2, -0.15) is 4.98 Å². The number of rotatable bonds is 6. The zero-order valence-electron chi connectivity index (χ0n) is 15.7. The Balaban J connectivity index is 1.18. The van der Waals surface area contributed by atoms with Crippen LogP contribution in [0, 0.1) is 0 Å². The third kappa shape index (κ3) is 4.41. The van der Waals surface area contributed by atoms with Crippen molar-refractivity contribution in [3.8, 4) is 10.7 Å². The van der Waals surface area contributed by atoms with Gasteiger partial charge in [0.2, 0.25) is 17.6 Å². The number of carbonyl (C=O) groups excluding carboxylic acids is 2. The lowest BCUT2D eigenvalue weighted by Crippen LogP contribution is -2.52. The number of aryl methyl sites for hydroxylation is 1. The molecule has 0 N–H and O–H groups in total. The van der Waals surface area contributed by atoms with Crippen molar-refractivity contribution >= 4 is 23.2 Å². The second-order valence-corrected chi connectivity index (χ2v) is 8.00. The van der Waals surface area contributed by atoms with Gasteiger partial charge in [-0.1, -0.05) is 11.2 Å². The summed E-state index contributed by atoms with van der Waals surface area (Å²) in [6.45, 7) is 3.00. The Hall–Kier alpha value is -2.26. The van der Waals surface area contributed by atoms with E-state index in [0.29, 0.717) is 63.8 Å². The zero-order chi connectivity index (χ0) is 19.3. The number of amides is 2. The number of nitrogens with zero attached hydrogens (tertiary/aromatic N) is 4. The Morgan fingerprint density at radius 1 is 1.21 bits per heavy atom. The molecule has 28 heavy (non-hydrogen) atoms. The molecule has 2 fully saturated rings. The van der Waals surface area contributed by atoms with Crippen LogP contribution in [-0.4, -0.2) is 70.6 Å². The molecule has 8 nitrogen and oxygen atoms in total. The minimum atomic E-state index is -0.282. The van der Waals surface area contributed by atoms with E-state index in [2.05, 4.69) is 10.1 Å². The third-order valence-corrected chi connectivity index (χ3v) is 6.01. The first-order valence-corrected chi connectivity index (χ1v) is 10.6. The molecule has 2 aliphatic rings. The summed E-state index contributed by atoms with van der Waals surface area (Å²) in [4.78, 5) is 33.8. The van der Waals surface area contributed by atoms with Gasteiger partial charge < -0.3 is 19.1 Å². The summed E-state index contributed by atoms with van der Waals surface area (Å²) < 4.78 is 10.7. The second kappa shape index (κ2) is 8.83. The summed E-state index contributed by atoms with van der Waals surface area (Å²) in [5.74, 6) is 1.34. The zero-order valence-corrected chi connectivity index (χ0v) is 16.5. The molecule has 9 heteroatoms. The summed E-state index contributed by atoms with van der Waals surface area (Å²) in [5.41, 5.74) is 0. The van der Waals surface area contributed by atoms with Crippen molar-refractivity contribution in [2.45, 2.75) is 38.2 Å². The number of hydrogen-bond donors (Lipinski definition) is 0. The average Bonchev–Trinajstić information content (AvgIpc) is 3.49. The van der Waals surface area contributed by atoms with Gasteiger partial charge in [0.05, 0.1) is 4.88 Å². The van der Waals surface area contributed by atoms with Crippen LogP contribution in [0.5, 0.6) is 0 Å². The molecule has 2 aromatic heterocycles. The number of carbonyl (C=O) groups is 2. The van der Waals surface area contributed by atoms with Crippen LogP contribution in [0.3, 0.4) is 0 Å². The normalized spacial score (nSPS) is 19.9. The van der Waals surface area contributed by atoms with Crippen LogP contribution >= 0.6 is 11.3 Å². The number of hydrogen-bond acceptors (Lipinski definition) is 7. The summed E-state index contributed by atoms with van der Waals surface area (Å²) in [5, 5.41) is 5.96. The smallest absolute Gasteiger partial charge is 0.251 e. The number of piperazine rings is 1. The maximum absolute atomic E-state index is 12.4. The first kappa shape index (κ1) is 19.1. The second-order valence-electron chi connectivity index (χ2n) is 7.05. The summed E-state index contributed by atoms with van der Waals surface area (Å²) in [7, 11) is 0. The maximum atomic E-state index is 12.4. The van der Waals surface area contributed by atoms with Gasteiger partial charge in [-0.15, -0.1) is 11.3 Å². The highest BCUT2D eigenvalue weighted by Crippen LogP contribution is 2.22. The lowest BCUT2D eigenvalue weighted by atomic mass is 10.2. The molecule has 4 heterocycles. The topological polar surface area (TPSA) is 88.8 Å². The molecule has 0 aromatic carbocycles. The quantitative estimate of drug-likeness (QED) is 0.731. The van der Waals surface area contributed by atoms with Gasteiger partial charge in [0.15, 0.2) is 0 Å². The van der Waals surface area contributed by atoms with Crippen LogP contribution in [0.25, 0.3) is 10.7 Å². The average molecular weight is 404 g/mol. The molecule has 0 aliphatic carbocycles. The van der Waals surface area contributed by atoms with Gasteiger partial charge in [0, 0.05) is 45.6 Å². The highest BCUT2D eigenvalue weighted by Gasteiger charge is 2.31. The minimum Gasteiger partial charge on any atom is -0.368 e. The largest absolute Gasteiger partial charge is 0.368 e. The predicted molar refractivity (Wildman–Crippen MR) is 103 cm³/mol. The molecule has 1 unspecified atom stereocenters. The van der Waals surface area contributed by atoms with Crippen molar-refractivity contribution in [2.75, 3.05) is 32.8 Å². The van der Waals surface area contributed by atoms with Crippen molar-refractivity contribution in [1.29, 1.82) is 0 Å². The summed E-state index contributed by atoms with van der Waals surface area (Å²) in [6, 6.07) is 3.90. The first-order valence-electron chi connectivity index (χ1n) is 9.75. The monoisotopic (exact) mass is 404 g/mol. The predicted octanol–water partition coefficient (Wildman–Crippen LogP) is 1.97. The van der Waals surface area contributed by atoms with Gasteiger partial charge in [-0.3, -0.25) is 9.59 Å². The maximum Gasteiger partial charge on any atom is 0.251 e. The van der Waals surface area contributed by atoms with E-state index in [0.717, 1.165) is 17.7 Å². The Morgan fingerprint density at radius 2 is 2.04 bits per heavy atom. The fraction of sp³-hybridized carbons (Fsp3) is 0.579.